The van der Waals surface area contributed by atoms with E-state index in [1.54, 1.807) is 45.0 Å². The summed E-state index contributed by atoms with van der Waals surface area (Å²) in [5.74, 6) is 1.14. The van der Waals surface area contributed by atoms with E-state index in [0.717, 1.165) is 5.75 Å². The molecule has 0 spiro atoms. The number of rotatable bonds is 6. The molecule has 0 atom stereocenters. The van der Waals surface area contributed by atoms with Gasteiger partial charge in [-0.1, -0.05) is 18.2 Å². The van der Waals surface area contributed by atoms with Crippen molar-refractivity contribution in [2.45, 2.75) is 45.8 Å². The SMILES string of the molecule is CC(C)(CNC(=O)OC(C)(C)C)NC(=O)c1ccc(Oc2ccccc2)cc1. The van der Waals surface area contributed by atoms with Crippen LogP contribution in [0.2, 0.25) is 0 Å². The average molecular weight is 384 g/mol. The van der Waals surface area contributed by atoms with Gasteiger partial charge in [0, 0.05) is 12.1 Å². The summed E-state index contributed by atoms with van der Waals surface area (Å²) < 4.78 is 10.9. The minimum absolute atomic E-state index is 0.234. The molecule has 0 aliphatic rings. The fraction of sp³-hybridized carbons (Fsp3) is 0.364. The second-order valence-corrected chi connectivity index (χ2v) is 8.13. The van der Waals surface area contributed by atoms with Gasteiger partial charge in [-0.2, -0.15) is 0 Å². The lowest BCUT2D eigenvalue weighted by atomic mass is 10.0. The van der Waals surface area contributed by atoms with Gasteiger partial charge >= 0.3 is 6.09 Å². The van der Waals surface area contributed by atoms with E-state index >= 15 is 0 Å². The molecule has 6 nitrogen and oxygen atoms in total. The Morgan fingerprint density at radius 3 is 2.00 bits per heavy atom. The smallest absolute Gasteiger partial charge is 0.407 e. The number of carbonyl (C=O) groups is 2. The first-order valence-corrected chi connectivity index (χ1v) is 9.16. The highest BCUT2D eigenvalue weighted by Gasteiger charge is 2.24. The molecule has 2 aromatic carbocycles. The molecule has 0 saturated carbocycles. The summed E-state index contributed by atoms with van der Waals surface area (Å²) >= 11 is 0. The van der Waals surface area contributed by atoms with Crippen molar-refractivity contribution in [2.75, 3.05) is 6.54 Å². The minimum Gasteiger partial charge on any atom is -0.457 e. The molecule has 150 valence electrons. The van der Waals surface area contributed by atoms with E-state index < -0.39 is 17.2 Å². The lowest BCUT2D eigenvalue weighted by molar-refractivity contribution is 0.0509. The van der Waals surface area contributed by atoms with E-state index in [4.69, 9.17) is 9.47 Å². The summed E-state index contributed by atoms with van der Waals surface area (Å²) in [5, 5.41) is 5.59. The zero-order valence-electron chi connectivity index (χ0n) is 17.0. The summed E-state index contributed by atoms with van der Waals surface area (Å²) in [6.45, 7) is 9.28. The number of amides is 2. The minimum atomic E-state index is -0.646. The van der Waals surface area contributed by atoms with Gasteiger partial charge in [0.05, 0.1) is 5.54 Å². The predicted octanol–water partition coefficient (Wildman–Crippen LogP) is 4.51. The maximum absolute atomic E-state index is 12.5. The molecular weight excluding hydrogens is 356 g/mol. The van der Waals surface area contributed by atoms with E-state index in [0.29, 0.717) is 11.3 Å². The van der Waals surface area contributed by atoms with Gasteiger partial charge in [-0.15, -0.1) is 0 Å². The van der Waals surface area contributed by atoms with Crippen molar-refractivity contribution < 1.29 is 19.1 Å². The van der Waals surface area contributed by atoms with Crippen molar-refractivity contribution in [1.29, 1.82) is 0 Å². The number of nitrogens with one attached hydrogen (secondary N) is 2. The van der Waals surface area contributed by atoms with Gasteiger partial charge in [0.2, 0.25) is 0 Å². The Balaban J connectivity index is 1.89. The van der Waals surface area contributed by atoms with Crippen LogP contribution >= 0.6 is 0 Å². The molecule has 0 saturated heterocycles. The largest absolute Gasteiger partial charge is 0.457 e. The number of para-hydroxylation sites is 1. The van der Waals surface area contributed by atoms with Crippen molar-refractivity contribution >= 4 is 12.0 Å². The Hall–Kier alpha value is -3.02. The van der Waals surface area contributed by atoms with Crippen molar-refractivity contribution in [3.05, 3.63) is 60.2 Å². The van der Waals surface area contributed by atoms with E-state index in [1.807, 2.05) is 44.2 Å². The fourth-order valence-electron chi connectivity index (χ4n) is 2.33. The van der Waals surface area contributed by atoms with Gasteiger partial charge in [-0.25, -0.2) is 4.79 Å². The molecule has 0 bridgehead atoms. The van der Waals surface area contributed by atoms with Crippen LogP contribution in [-0.4, -0.2) is 29.7 Å². The Morgan fingerprint density at radius 1 is 0.857 bits per heavy atom. The molecule has 0 radical (unpaired) electrons. The lowest BCUT2D eigenvalue weighted by Gasteiger charge is -2.27. The molecule has 6 heteroatoms. The molecule has 2 N–H and O–H groups in total. The Bertz CT molecular complexity index is 794. The van der Waals surface area contributed by atoms with Crippen LogP contribution in [-0.2, 0) is 4.74 Å². The van der Waals surface area contributed by atoms with E-state index in [1.165, 1.54) is 0 Å². The van der Waals surface area contributed by atoms with E-state index in [9.17, 15) is 9.59 Å². The van der Waals surface area contributed by atoms with Crippen molar-refractivity contribution in [3.63, 3.8) is 0 Å². The van der Waals surface area contributed by atoms with Crippen molar-refractivity contribution in [2.24, 2.45) is 0 Å². The highest BCUT2D eigenvalue weighted by Crippen LogP contribution is 2.21. The normalized spacial score (nSPS) is 11.5. The lowest BCUT2D eigenvalue weighted by Crippen LogP contribution is -2.52. The second-order valence-electron chi connectivity index (χ2n) is 8.13. The number of carbonyl (C=O) groups excluding carboxylic acids is 2. The molecule has 2 amide bonds. The molecule has 0 unspecified atom stereocenters. The van der Waals surface area contributed by atoms with Gasteiger partial charge < -0.3 is 20.1 Å². The van der Waals surface area contributed by atoms with Crippen LogP contribution in [0.5, 0.6) is 11.5 Å². The maximum atomic E-state index is 12.5. The summed E-state index contributed by atoms with van der Waals surface area (Å²) in [6, 6.07) is 16.3. The van der Waals surface area contributed by atoms with Crippen LogP contribution in [0.1, 0.15) is 45.0 Å². The molecule has 2 aromatic rings. The molecule has 28 heavy (non-hydrogen) atoms. The summed E-state index contributed by atoms with van der Waals surface area (Å²) in [4.78, 5) is 24.3. The summed E-state index contributed by atoms with van der Waals surface area (Å²) in [5.41, 5.74) is -0.709. The third kappa shape index (κ3) is 7.31. The van der Waals surface area contributed by atoms with Crippen LogP contribution in [0.15, 0.2) is 54.6 Å². The van der Waals surface area contributed by atoms with Gasteiger partial charge in [-0.05, 0) is 71.0 Å². The Kier molecular flexibility index (Phi) is 6.67. The monoisotopic (exact) mass is 384 g/mol. The number of ether oxygens (including phenoxy) is 2. The van der Waals surface area contributed by atoms with Crippen LogP contribution in [0.3, 0.4) is 0 Å². The zero-order chi connectivity index (χ0) is 20.8. The third-order valence-electron chi connectivity index (χ3n) is 3.62. The second kappa shape index (κ2) is 8.78. The van der Waals surface area contributed by atoms with Crippen LogP contribution in [0.25, 0.3) is 0 Å². The quantitative estimate of drug-likeness (QED) is 0.768. The van der Waals surface area contributed by atoms with Crippen LogP contribution < -0.4 is 15.4 Å². The number of benzene rings is 2. The maximum Gasteiger partial charge on any atom is 0.407 e. The van der Waals surface area contributed by atoms with Gasteiger partial charge in [0.1, 0.15) is 17.1 Å². The Labute approximate surface area is 166 Å². The average Bonchev–Trinajstić information content (AvgIpc) is 2.60. The topological polar surface area (TPSA) is 76.7 Å². The summed E-state index contributed by atoms with van der Waals surface area (Å²) in [7, 11) is 0. The zero-order valence-corrected chi connectivity index (χ0v) is 17.0. The molecule has 2 rings (SSSR count). The van der Waals surface area contributed by atoms with Gasteiger partial charge in [0.15, 0.2) is 0 Å². The van der Waals surface area contributed by atoms with Gasteiger partial charge in [0.25, 0.3) is 5.91 Å². The highest BCUT2D eigenvalue weighted by atomic mass is 16.6. The first-order valence-electron chi connectivity index (χ1n) is 9.16. The standard InChI is InChI=1S/C22H28N2O4/c1-21(2,3)28-20(26)23-15-22(4,5)24-19(25)16-11-13-18(14-12-16)27-17-9-7-6-8-10-17/h6-14H,15H2,1-5H3,(H,23,26)(H,24,25). The molecule has 0 aromatic heterocycles. The first-order chi connectivity index (χ1) is 13.0. The van der Waals surface area contributed by atoms with E-state index in [-0.39, 0.29) is 12.5 Å². The number of hydrogen-bond donors (Lipinski definition) is 2. The third-order valence-corrected chi connectivity index (χ3v) is 3.62. The Morgan fingerprint density at radius 2 is 1.43 bits per heavy atom. The molecule has 0 aliphatic heterocycles. The molecule has 0 heterocycles. The fourth-order valence-corrected chi connectivity index (χ4v) is 2.33. The van der Waals surface area contributed by atoms with Gasteiger partial charge in [-0.3, -0.25) is 4.79 Å². The van der Waals surface area contributed by atoms with Crippen molar-refractivity contribution in [1.82, 2.24) is 10.6 Å². The molecular formula is C22H28N2O4. The summed E-state index contributed by atoms with van der Waals surface area (Å²) in [6.07, 6.45) is -0.516. The molecule has 0 fully saturated rings. The molecule has 0 aliphatic carbocycles. The highest BCUT2D eigenvalue weighted by molar-refractivity contribution is 5.94. The van der Waals surface area contributed by atoms with Crippen molar-refractivity contribution in [3.8, 4) is 11.5 Å². The first kappa shape index (κ1) is 21.3. The predicted molar refractivity (Wildman–Crippen MR) is 109 cm³/mol. The number of hydrogen-bond acceptors (Lipinski definition) is 4. The van der Waals surface area contributed by atoms with Crippen LogP contribution in [0.4, 0.5) is 4.79 Å². The van der Waals surface area contributed by atoms with E-state index in [2.05, 4.69) is 10.6 Å². The van der Waals surface area contributed by atoms with Crippen LogP contribution in [0, 0.1) is 0 Å². The number of alkyl carbamates (subject to hydrolysis) is 1.